The number of oxazole rings is 1. The molecule has 1 spiro atoms. The molecule has 0 N–H and O–H groups in total. The number of aromatic nitrogens is 1. The number of likely N-dealkylation sites (tertiary alicyclic amines) is 2. The molecule has 1 atom stereocenters. The van der Waals surface area contributed by atoms with Crippen molar-refractivity contribution in [1.29, 1.82) is 0 Å². The van der Waals surface area contributed by atoms with E-state index in [9.17, 15) is 9.59 Å². The largest absolute Gasteiger partial charge is 0.420 e. The van der Waals surface area contributed by atoms with Crippen molar-refractivity contribution in [1.82, 2.24) is 14.4 Å². The second-order valence-electron chi connectivity index (χ2n) is 9.12. The predicted octanol–water partition coefficient (Wildman–Crippen LogP) is 2.71. The molecule has 150 valence electrons. The van der Waals surface area contributed by atoms with Gasteiger partial charge in [-0.05, 0) is 56.7 Å². The molecule has 2 saturated heterocycles. The maximum atomic E-state index is 13.0. The zero-order valence-corrected chi connectivity index (χ0v) is 16.4. The Bertz CT molecular complexity index is 928. The van der Waals surface area contributed by atoms with Gasteiger partial charge in [-0.25, -0.2) is 4.79 Å². The molecule has 1 amide bonds. The van der Waals surface area contributed by atoms with Crippen molar-refractivity contribution in [3.05, 3.63) is 34.8 Å². The third kappa shape index (κ3) is 3.28. The SMILES string of the molecule is O=C(Cn1c(=O)oc2ccccc21)N1CC[C@]2(CCCN(CC3CCC3)C2)C1. The number of fused-ring (bicyclic) bond motifs is 1. The predicted molar refractivity (Wildman–Crippen MR) is 107 cm³/mol. The van der Waals surface area contributed by atoms with Gasteiger partial charge in [-0.3, -0.25) is 9.36 Å². The van der Waals surface area contributed by atoms with E-state index in [1.807, 2.05) is 23.1 Å². The van der Waals surface area contributed by atoms with Crippen LogP contribution in [-0.2, 0) is 11.3 Å². The van der Waals surface area contributed by atoms with E-state index in [1.165, 1.54) is 49.8 Å². The van der Waals surface area contributed by atoms with Crippen molar-refractivity contribution >= 4 is 17.0 Å². The summed E-state index contributed by atoms with van der Waals surface area (Å²) in [5.41, 5.74) is 1.48. The Kier molecular flexibility index (Phi) is 4.54. The zero-order chi connectivity index (χ0) is 19.1. The molecule has 1 saturated carbocycles. The molecule has 0 unspecified atom stereocenters. The molecule has 2 aromatic rings. The van der Waals surface area contributed by atoms with Crippen LogP contribution < -0.4 is 5.76 Å². The first kappa shape index (κ1) is 18.0. The fourth-order valence-corrected chi connectivity index (χ4v) is 5.39. The molecule has 0 bridgehead atoms. The fraction of sp³-hybridized carbons (Fsp3) is 0.636. The average Bonchev–Trinajstić information content (AvgIpc) is 3.20. The van der Waals surface area contributed by atoms with Crippen molar-refractivity contribution < 1.29 is 9.21 Å². The number of nitrogens with zero attached hydrogens (tertiary/aromatic N) is 3. The first-order valence-corrected chi connectivity index (χ1v) is 10.7. The minimum Gasteiger partial charge on any atom is -0.408 e. The number of amides is 1. The van der Waals surface area contributed by atoms with Gasteiger partial charge in [-0.2, -0.15) is 0 Å². The van der Waals surface area contributed by atoms with E-state index in [1.54, 1.807) is 6.07 Å². The van der Waals surface area contributed by atoms with Crippen molar-refractivity contribution in [2.45, 2.75) is 45.1 Å². The fourth-order valence-electron chi connectivity index (χ4n) is 5.39. The van der Waals surface area contributed by atoms with Crippen LogP contribution in [0.5, 0.6) is 0 Å². The molecular weight excluding hydrogens is 354 g/mol. The van der Waals surface area contributed by atoms with Gasteiger partial charge in [-0.15, -0.1) is 0 Å². The molecule has 1 aromatic heterocycles. The molecule has 0 radical (unpaired) electrons. The summed E-state index contributed by atoms with van der Waals surface area (Å²) in [6.45, 7) is 5.28. The maximum Gasteiger partial charge on any atom is 0.420 e. The van der Waals surface area contributed by atoms with Gasteiger partial charge in [0.05, 0.1) is 5.52 Å². The van der Waals surface area contributed by atoms with Gasteiger partial charge in [0.25, 0.3) is 0 Å². The number of hydrogen-bond acceptors (Lipinski definition) is 4. The molecule has 2 aliphatic heterocycles. The molecule has 3 fully saturated rings. The zero-order valence-electron chi connectivity index (χ0n) is 16.4. The monoisotopic (exact) mass is 383 g/mol. The Morgan fingerprint density at radius 1 is 1.11 bits per heavy atom. The van der Waals surface area contributed by atoms with Gasteiger partial charge in [-0.1, -0.05) is 18.6 Å². The quantitative estimate of drug-likeness (QED) is 0.815. The van der Waals surface area contributed by atoms with Crippen molar-refractivity contribution in [3.63, 3.8) is 0 Å². The summed E-state index contributed by atoms with van der Waals surface area (Å²) < 4.78 is 6.73. The van der Waals surface area contributed by atoms with Crippen LogP contribution in [0.15, 0.2) is 33.5 Å². The van der Waals surface area contributed by atoms with Crippen LogP contribution in [0.25, 0.3) is 11.1 Å². The van der Waals surface area contributed by atoms with E-state index in [0.29, 0.717) is 11.1 Å². The van der Waals surface area contributed by atoms with Crippen molar-refractivity contribution in [2.24, 2.45) is 11.3 Å². The first-order chi connectivity index (χ1) is 13.6. The summed E-state index contributed by atoms with van der Waals surface area (Å²) in [5.74, 6) is 0.477. The Balaban J connectivity index is 1.25. The summed E-state index contributed by atoms with van der Waals surface area (Å²) in [5, 5.41) is 0. The minimum atomic E-state index is -0.451. The summed E-state index contributed by atoms with van der Waals surface area (Å²) in [4.78, 5) is 29.8. The number of para-hydroxylation sites is 2. The summed E-state index contributed by atoms with van der Waals surface area (Å²) >= 11 is 0. The highest BCUT2D eigenvalue weighted by molar-refractivity contribution is 5.79. The standard InChI is InChI=1S/C22H29N3O3/c26-20(14-25-18-7-1-2-8-19(18)28-21(25)27)24-12-10-22(16-24)9-4-11-23(15-22)13-17-5-3-6-17/h1-2,7-8,17H,3-6,9-16H2/t22-/m0/s1. The molecule has 6 heteroatoms. The van der Waals surface area contributed by atoms with Crippen LogP contribution in [0.2, 0.25) is 0 Å². The highest BCUT2D eigenvalue weighted by Crippen LogP contribution is 2.40. The number of piperidine rings is 1. The number of hydrogen-bond donors (Lipinski definition) is 0. The van der Waals surface area contributed by atoms with E-state index in [4.69, 9.17) is 4.42 Å². The van der Waals surface area contributed by atoms with Gasteiger partial charge in [0.2, 0.25) is 5.91 Å². The summed E-state index contributed by atoms with van der Waals surface area (Å²) in [7, 11) is 0. The highest BCUT2D eigenvalue weighted by atomic mass is 16.4. The number of benzene rings is 1. The number of carbonyl (C=O) groups excluding carboxylic acids is 1. The lowest BCUT2D eigenvalue weighted by Gasteiger charge is -2.43. The van der Waals surface area contributed by atoms with Gasteiger partial charge >= 0.3 is 5.76 Å². The normalized spacial score (nSPS) is 26.2. The van der Waals surface area contributed by atoms with E-state index in [0.717, 1.165) is 32.0 Å². The van der Waals surface area contributed by atoms with E-state index in [-0.39, 0.29) is 17.9 Å². The van der Waals surface area contributed by atoms with Crippen molar-refractivity contribution in [3.8, 4) is 0 Å². The topological polar surface area (TPSA) is 58.7 Å². The molecule has 5 rings (SSSR count). The van der Waals surface area contributed by atoms with Gasteiger partial charge in [0.1, 0.15) is 6.54 Å². The number of carbonyl (C=O) groups is 1. The average molecular weight is 383 g/mol. The lowest BCUT2D eigenvalue weighted by Crippen LogP contribution is -2.47. The third-order valence-electron chi connectivity index (χ3n) is 7.14. The molecule has 3 heterocycles. The maximum absolute atomic E-state index is 13.0. The minimum absolute atomic E-state index is 0.0293. The van der Waals surface area contributed by atoms with Crippen LogP contribution in [0.1, 0.15) is 38.5 Å². The van der Waals surface area contributed by atoms with Crippen LogP contribution >= 0.6 is 0 Å². The summed E-state index contributed by atoms with van der Waals surface area (Å²) in [6, 6.07) is 7.29. The second-order valence-corrected chi connectivity index (χ2v) is 9.12. The first-order valence-electron chi connectivity index (χ1n) is 10.7. The van der Waals surface area contributed by atoms with Crippen LogP contribution in [0.3, 0.4) is 0 Å². The van der Waals surface area contributed by atoms with Gasteiger partial charge in [0.15, 0.2) is 5.58 Å². The summed E-state index contributed by atoms with van der Waals surface area (Å²) in [6.07, 6.45) is 7.71. The molecule has 28 heavy (non-hydrogen) atoms. The third-order valence-corrected chi connectivity index (χ3v) is 7.14. The Hall–Kier alpha value is -2.08. The van der Waals surface area contributed by atoms with Crippen LogP contribution in [-0.4, -0.2) is 53.0 Å². The molecule has 6 nitrogen and oxygen atoms in total. The van der Waals surface area contributed by atoms with Gasteiger partial charge in [0, 0.05) is 31.6 Å². The lowest BCUT2D eigenvalue weighted by atomic mass is 9.78. The molecule has 1 aromatic carbocycles. The van der Waals surface area contributed by atoms with Crippen molar-refractivity contribution in [2.75, 3.05) is 32.7 Å². The molecule has 1 aliphatic carbocycles. The molecular formula is C22H29N3O3. The molecule has 3 aliphatic rings. The van der Waals surface area contributed by atoms with Crippen LogP contribution in [0.4, 0.5) is 0 Å². The van der Waals surface area contributed by atoms with E-state index >= 15 is 0 Å². The lowest BCUT2D eigenvalue weighted by molar-refractivity contribution is -0.131. The second kappa shape index (κ2) is 7.07. The van der Waals surface area contributed by atoms with Crippen LogP contribution in [0, 0.1) is 11.3 Å². The Morgan fingerprint density at radius 2 is 1.96 bits per heavy atom. The Labute approximate surface area is 165 Å². The number of rotatable bonds is 4. The Morgan fingerprint density at radius 3 is 2.79 bits per heavy atom. The van der Waals surface area contributed by atoms with E-state index in [2.05, 4.69) is 4.90 Å². The smallest absolute Gasteiger partial charge is 0.408 e. The van der Waals surface area contributed by atoms with E-state index < -0.39 is 5.76 Å². The van der Waals surface area contributed by atoms with Gasteiger partial charge < -0.3 is 14.2 Å². The highest BCUT2D eigenvalue weighted by Gasteiger charge is 2.43.